The average Bonchev–Trinajstić information content (AvgIpc) is 2.34. The number of halogens is 1. The van der Waals surface area contributed by atoms with Crippen molar-refractivity contribution in [3.8, 4) is 0 Å². The maximum atomic E-state index is 4.48. The second-order valence-electron chi connectivity index (χ2n) is 5.24. The van der Waals surface area contributed by atoms with Gasteiger partial charge in [0.05, 0.1) is 0 Å². The highest BCUT2D eigenvalue weighted by Crippen LogP contribution is 2.29. The standard InChI is InChI=1S/C13H20BrN3/c1-9-4-10(2)11(3)17(8-9)13-15-6-12(5-14)7-16-13/h6-7,9-11H,4-5,8H2,1-3H3. The summed E-state index contributed by atoms with van der Waals surface area (Å²) in [7, 11) is 0. The first kappa shape index (κ1) is 12.8. The van der Waals surface area contributed by atoms with Crippen LogP contribution in [0.1, 0.15) is 32.8 Å². The molecule has 0 N–H and O–H groups in total. The van der Waals surface area contributed by atoms with Gasteiger partial charge in [0.1, 0.15) is 0 Å². The fourth-order valence-corrected chi connectivity index (χ4v) is 2.83. The van der Waals surface area contributed by atoms with Crippen LogP contribution in [-0.4, -0.2) is 22.6 Å². The number of anilines is 1. The second-order valence-corrected chi connectivity index (χ2v) is 5.80. The largest absolute Gasteiger partial charge is 0.338 e. The normalized spacial score (nSPS) is 29.4. The lowest BCUT2D eigenvalue weighted by atomic mass is 9.86. The van der Waals surface area contributed by atoms with Crippen LogP contribution < -0.4 is 4.90 Å². The van der Waals surface area contributed by atoms with Crippen LogP contribution in [0.2, 0.25) is 0 Å². The Morgan fingerprint density at radius 1 is 1.29 bits per heavy atom. The summed E-state index contributed by atoms with van der Waals surface area (Å²) in [5.74, 6) is 2.31. The summed E-state index contributed by atoms with van der Waals surface area (Å²) < 4.78 is 0. The van der Waals surface area contributed by atoms with E-state index in [4.69, 9.17) is 0 Å². The lowest BCUT2D eigenvalue weighted by Gasteiger charge is -2.41. The predicted molar refractivity (Wildman–Crippen MR) is 74.4 cm³/mol. The van der Waals surface area contributed by atoms with Crippen LogP contribution in [0.3, 0.4) is 0 Å². The second kappa shape index (κ2) is 5.34. The Morgan fingerprint density at radius 2 is 1.94 bits per heavy atom. The topological polar surface area (TPSA) is 29.0 Å². The van der Waals surface area contributed by atoms with Crippen molar-refractivity contribution in [2.24, 2.45) is 11.8 Å². The van der Waals surface area contributed by atoms with E-state index in [1.807, 2.05) is 12.4 Å². The molecule has 1 saturated heterocycles. The molecule has 3 nitrogen and oxygen atoms in total. The molecule has 0 spiro atoms. The molecule has 0 bridgehead atoms. The van der Waals surface area contributed by atoms with Gasteiger partial charge in [0, 0.05) is 30.3 Å². The van der Waals surface area contributed by atoms with E-state index in [0.29, 0.717) is 12.0 Å². The fourth-order valence-electron chi connectivity index (χ4n) is 2.54. The number of nitrogens with zero attached hydrogens (tertiary/aromatic N) is 3. The summed E-state index contributed by atoms with van der Waals surface area (Å²) in [6, 6.07) is 0.529. The highest BCUT2D eigenvalue weighted by atomic mass is 79.9. The number of alkyl halides is 1. The highest BCUT2D eigenvalue weighted by molar-refractivity contribution is 9.08. The van der Waals surface area contributed by atoms with Gasteiger partial charge in [-0.2, -0.15) is 0 Å². The van der Waals surface area contributed by atoms with Crippen molar-refractivity contribution in [1.29, 1.82) is 0 Å². The van der Waals surface area contributed by atoms with Crippen LogP contribution in [0.4, 0.5) is 5.95 Å². The molecule has 0 aromatic carbocycles. The average molecular weight is 298 g/mol. The van der Waals surface area contributed by atoms with E-state index in [0.717, 1.165) is 29.3 Å². The van der Waals surface area contributed by atoms with E-state index in [1.54, 1.807) is 0 Å². The first-order chi connectivity index (χ1) is 8.11. The van der Waals surface area contributed by atoms with Gasteiger partial charge in [0.15, 0.2) is 0 Å². The molecule has 0 amide bonds. The molecule has 94 valence electrons. The Balaban J connectivity index is 2.19. The van der Waals surface area contributed by atoms with Gasteiger partial charge in [0.25, 0.3) is 0 Å². The van der Waals surface area contributed by atoms with Crippen molar-refractivity contribution >= 4 is 21.9 Å². The molecular weight excluding hydrogens is 278 g/mol. The van der Waals surface area contributed by atoms with Gasteiger partial charge in [-0.25, -0.2) is 9.97 Å². The molecule has 3 atom stereocenters. The Bertz CT molecular complexity index is 365. The zero-order valence-corrected chi connectivity index (χ0v) is 12.3. The maximum absolute atomic E-state index is 4.48. The molecule has 1 aromatic heterocycles. The highest BCUT2D eigenvalue weighted by Gasteiger charge is 2.30. The molecule has 4 heteroatoms. The van der Waals surface area contributed by atoms with Gasteiger partial charge in [-0.3, -0.25) is 0 Å². The van der Waals surface area contributed by atoms with Crippen LogP contribution in [0.5, 0.6) is 0 Å². The maximum Gasteiger partial charge on any atom is 0.225 e. The van der Waals surface area contributed by atoms with Crippen molar-refractivity contribution in [2.45, 2.75) is 38.6 Å². The molecule has 1 aliphatic rings. The zero-order chi connectivity index (χ0) is 12.4. The lowest BCUT2D eigenvalue weighted by Crippen LogP contribution is -2.46. The fraction of sp³-hybridized carbons (Fsp3) is 0.692. The van der Waals surface area contributed by atoms with Gasteiger partial charge < -0.3 is 4.90 Å². The number of hydrogen-bond acceptors (Lipinski definition) is 3. The lowest BCUT2D eigenvalue weighted by molar-refractivity contribution is 0.294. The Morgan fingerprint density at radius 3 is 2.53 bits per heavy atom. The third-order valence-corrected chi connectivity index (χ3v) is 4.35. The summed E-state index contributed by atoms with van der Waals surface area (Å²) in [5, 5.41) is 0.815. The van der Waals surface area contributed by atoms with Crippen molar-refractivity contribution in [3.05, 3.63) is 18.0 Å². The quantitative estimate of drug-likeness (QED) is 0.785. The van der Waals surface area contributed by atoms with Crippen molar-refractivity contribution in [3.63, 3.8) is 0 Å². The molecule has 3 unspecified atom stereocenters. The molecule has 2 rings (SSSR count). The predicted octanol–water partition coefficient (Wildman–Crippen LogP) is 3.24. The zero-order valence-electron chi connectivity index (χ0n) is 10.7. The van der Waals surface area contributed by atoms with Crippen molar-refractivity contribution in [2.75, 3.05) is 11.4 Å². The SMILES string of the molecule is CC1CC(C)C(C)N(c2ncc(CBr)cn2)C1. The monoisotopic (exact) mass is 297 g/mol. The molecule has 1 fully saturated rings. The van der Waals surface area contributed by atoms with Crippen molar-refractivity contribution < 1.29 is 0 Å². The van der Waals surface area contributed by atoms with Gasteiger partial charge in [0.2, 0.25) is 5.95 Å². The van der Waals surface area contributed by atoms with E-state index in [-0.39, 0.29) is 0 Å². The van der Waals surface area contributed by atoms with Crippen LogP contribution in [0.25, 0.3) is 0 Å². The minimum Gasteiger partial charge on any atom is -0.338 e. The van der Waals surface area contributed by atoms with E-state index in [2.05, 4.69) is 51.6 Å². The first-order valence-corrected chi connectivity index (χ1v) is 7.37. The summed E-state index contributed by atoms with van der Waals surface area (Å²) in [4.78, 5) is 11.3. The van der Waals surface area contributed by atoms with Gasteiger partial charge in [-0.1, -0.05) is 29.8 Å². The summed E-state index contributed by atoms with van der Waals surface area (Å²) >= 11 is 3.42. The molecule has 0 radical (unpaired) electrons. The van der Waals surface area contributed by atoms with E-state index >= 15 is 0 Å². The molecule has 1 aromatic rings. The molecule has 2 heterocycles. The third kappa shape index (κ3) is 2.79. The van der Waals surface area contributed by atoms with Gasteiger partial charge in [-0.15, -0.1) is 0 Å². The van der Waals surface area contributed by atoms with Crippen molar-refractivity contribution in [1.82, 2.24) is 9.97 Å². The van der Waals surface area contributed by atoms with Crippen LogP contribution in [0, 0.1) is 11.8 Å². The third-order valence-electron chi connectivity index (χ3n) is 3.70. The van der Waals surface area contributed by atoms with Crippen LogP contribution >= 0.6 is 15.9 Å². The minimum absolute atomic E-state index is 0.529. The van der Waals surface area contributed by atoms with Crippen LogP contribution in [0.15, 0.2) is 12.4 Å². The summed E-state index contributed by atoms with van der Waals surface area (Å²) in [5.41, 5.74) is 1.12. The Kier molecular flexibility index (Phi) is 4.02. The molecule has 1 aliphatic heterocycles. The molecule has 0 saturated carbocycles. The summed E-state index contributed by atoms with van der Waals surface area (Å²) in [6.45, 7) is 7.97. The molecule has 17 heavy (non-hydrogen) atoms. The number of rotatable bonds is 2. The molecular formula is C13H20BrN3. The Labute approximate surface area is 112 Å². The summed E-state index contributed by atoms with van der Waals surface area (Å²) in [6.07, 6.45) is 5.12. The van der Waals surface area contributed by atoms with Gasteiger partial charge >= 0.3 is 0 Å². The number of piperidine rings is 1. The smallest absolute Gasteiger partial charge is 0.225 e. The first-order valence-electron chi connectivity index (χ1n) is 6.25. The van der Waals surface area contributed by atoms with Crippen LogP contribution in [-0.2, 0) is 5.33 Å². The number of aromatic nitrogens is 2. The number of hydrogen-bond donors (Lipinski definition) is 0. The van der Waals surface area contributed by atoms with E-state index in [1.165, 1.54) is 6.42 Å². The van der Waals surface area contributed by atoms with Gasteiger partial charge in [-0.05, 0) is 30.7 Å². The van der Waals surface area contributed by atoms with E-state index < -0.39 is 0 Å². The van der Waals surface area contributed by atoms with E-state index in [9.17, 15) is 0 Å². The Hall–Kier alpha value is -0.640. The minimum atomic E-state index is 0.529. The molecule has 0 aliphatic carbocycles.